The van der Waals surface area contributed by atoms with Crippen molar-refractivity contribution in [2.45, 2.75) is 106 Å². The van der Waals surface area contributed by atoms with Gasteiger partial charge in [0.15, 0.2) is 0 Å². The van der Waals surface area contributed by atoms with Gasteiger partial charge in [-0.1, -0.05) is 55.4 Å². The zero-order chi connectivity index (χ0) is 16.8. The third-order valence-electron chi connectivity index (χ3n) is 5.35. The highest BCUT2D eigenvalue weighted by Gasteiger charge is 2.39. The van der Waals surface area contributed by atoms with E-state index in [0.29, 0.717) is 11.8 Å². The summed E-state index contributed by atoms with van der Waals surface area (Å²) >= 11 is 0. The van der Waals surface area contributed by atoms with Crippen molar-refractivity contribution < 1.29 is 4.74 Å². The number of hydrogen-bond donors (Lipinski definition) is 0. The number of rotatable bonds is 10. The molecule has 0 N–H and O–H groups in total. The lowest BCUT2D eigenvalue weighted by Gasteiger charge is -2.46. The molecule has 0 aliphatic heterocycles. The van der Waals surface area contributed by atoms with Gasteiger partial charge in [-0.2, -0.15) is 0 Å². The lowest BCUT2D eigenvalue weighted by Crippen LogP contribution is -2.47. The Hall–Kier alpha value is -0.0400. The Morgan fingerprint density at radius 1 is 0.619 bits per heavy atom. The summed E-state index contributed by atoms with van der Waals surface area (Å²) < 4.78 is 6.85. The first-order valence-corrected chi connectivity index (χ1v) is 9.13. The maximum Gasteiger partial charge on any atom is 0.0684 e. The Morgan fingerprint density at radius 3 is 1.10 bits per heavy atom. The highest BCUT2D eigenvalue weighted by atomic mass is 16.5. The van der Waals surface area contributed by atoms with Gasteiger partial charge in [-0.15, -0.1) is 0 Å². The Kier molecular flexibility index (Phi) is 8.54. The molecule has 0 heterocycles. The van der Waals surface area contributed by atoms with Crippen molar-refractivity contribution in [1.82, 2.24) is 0 Å². The van der Waals surface area contributed by atoms with E-state index in [9.17, 15) is 0 Å². The summed E-state index contributed by atoms with van der Waals surface area (Å²) in [5.74, 6) is 2.59. The van der Waals surface area contributed by atoms with Gasteiger partial charge in [-0.3, -0.25) is 0 Å². The van der Waals surface area contributed by atoms with E-state index in [0.717, 1.165) is 24.7 Å². The maximum atomic E-state index is 6.85. The SMILES string of the molecule is CC(C)CCC(C)(OC(C)(CCC(C)C)C(C)C)C(C)C. The molecule has 0 aromatic heterocycles. The molecule has 0 rings (SSSR count). The van der Waals surface area contributed by atoms with E-state index in [1.54, 1.807) is 0 Å². The molecule has 0 saturated heterocycles. The van der Waals surface area contributed by atoms with Gasteiger partial charge < -0.3 is 4.74 Å². The molecule has 2 atom stereocenters. The van der Waals surface area contributed by atoms with E-state index in [2.05, 4.69) is 69.2 Å². The van der Waals surface area contributed by atoms with E-state index in [1.165, 1.54) is 12.8 Å². The summed E-state index contributed by atoms with van der Waals surface area (Å²) in [6, 6.07) is 0. The first kappa shape index (κ1) is 21.0. The van der Waals surface area contributed by atoms with E-state index in [1.807, 2.05) is 0 Å². The van der Waals surface area contributed by atoms with Crippen LogP contribution in [0, 0.1) is 23.7 Å². The van der Waals surface area contributed by atoms with Crippen molar-refractivity contribution in [2.75, 3.05) is 0 Å². The van der Waals surface area contributed by atoms with Gasteiger partial charge in [-0.25, -0.2) is 0 Å². The summed E-state index contributed by atoms with van der Waals surface area (Å²) in [5, 5.41) is 0. The van der Waals surface area contributed by atoms with E-state index in [4.69, 9.17) is 4.74 Å². The van der Waals surface area contributed by atoms with Crippen LogP contribution in [0.25, 0.3) is 0 Å². The fourth-order valence-electron chi connectivity index (χ4n) is 2.60. The van der Waals surface area contributed by atoms with Crippen LogP contribution in [0.4, 0.5) is 0 Å². The molecular formula is C20H42O. The normalized spacial score (nSPS) is 18.6. The Labute approximate surface area is 135 Å². The second-order valence-electron chi connectivity index (χ2n) is 8.90. The Morgan fingerprint density at radius 2 is 0.905 bits per heavy atom. The third-order valence-corrected chi connectivity index (χ3v) is 5.35. The fourth-order valence-corrected chi connectivity index (χ4v) is 2.60. The molecule has 21 heavy (non-hydrogen) atoms. The largest absolute Gasteiger partial charge is 0.369 e. The lowest BCUT2D eigenvalue weighted by atomic mass is 9.81. The van der Waals surface area contributed by atoms with Crippen LogP contribution in [0.5, 0.6) is 0 Å². The molecular weight excluding hydrogens is 256 g/mol. The molecule has 0 radical (unpaired) electrons. The monoisotopic (exact) mass is 298 g/mol. The molecule has 0 bridgehead atoms. The predicted molar refractivity (Wildman–Crippen MR) is 95.7 cm³/mol. The molecule has 0 aliphatic carbocycles. The van der Waals surface area contributed by atoms with Gasteiger partial charge in [0.05, 0.1) is 11.2 Å². The van der Waals surface area contributed by atoms with Gasteiger partial charge in [0, 0.05) is 0 Å². The van der Waals surface area contributed by atoms with Crippen LogP contribution in [0.3, 0.4) is 0 Å². The lowest BCUT2D eigenvalue weighted by molar-refractivity contribution is -0.188. The topological polar surface area (TPSA) is 9.23 Å². The van der Waals surface area contributed by atoms with Crippen LogP contribution >= 0.6 is 0 Å². The molecule has 0 aromatic rings. The van der Waals surface area contributed by atoms with Crippen LogP contribution in [0.1, 0.15) is 94.9 Å². The highest BCUT2D eigenvalue weighted by Crippen LogP contribution is 2.38. The number of ether oxygens (including phenoxy) is 1. The van der Waals surface area contributed by atoms with Crippen LogP contribution in [-0.4, -0.2) is 11.2 Å². The van der Waals surface area contributed by atoms with Crippen molar-refractivity contribution in [2.24, 2.45) is 23.7 Å². The molecule has 1 heteroatoms. The summed E-state index contributed by atoms with van der Waals surface area (Å²) in [6.07, 6.45) is 4.80. The average Bonchev–Trinajstić information content (AvgIpc) is 2.33. The van der Waals surface area contributed by atoms with Gasteiger partial charge in [0.2, 0.25) is 0 Å². The minimum Gasteiger partial charge on any atom is -0.369 e. The van der Waals surface area contributed by atoms with Gasteiger partial charge in [0.25, 0.3) is 0 Å². The zero-order valence-corrected chi connectivity index (χ0v) is 16.5. The fraction of sp³-hybridized carbons (Fsp3) is 1.00. The van der Waals surface area contributed by atoms with Crippen LogP contribution in [0.15, 0.2) is 0 Å². The number of hydrogen-bond acceptors (Lipinski definition) is 1. The quantitative estimate of drug-likeness (QED) is 0.436. The Bertz CT molecular complexity index is 252. The molecule has 0 saturated carbocycles. The molecule has 0 amide bonds. The van der Waals surface area contributed by atoms with E-state index in [-0.39, 0.29) is 11.2 Å². The minimum absolute atomic E-state index is 0.0136. The molecule has 0 aliphatic rings. The molecule has 0 aromatic carbocycles. The standard InChI is InChI=1S/C20H42O/c1-15(2)11-13-19(9,17(5)6)21-20(10,18(7)8)14-12-16(3)4/h15-18H,11-14H2,1-10H3. The second-order valence-corrected chi connectivity index (χ2v) is 8.90. The Balaban J connectivity index is 5.04. The summed E-state index contributed by atoms with van der Waals surface area (Å²) in [7, 11) is 0. The second kappa shape index (κ2) is 8.56. The van der Waals surface area contributed by atoms with Gasteiger partial charge in [0.1, 0.15) is 0 Å². The first-order valence-electron chi connectivity index (χ1n) is 9.13. The van der Waals surface area contributed by atoms with Crippen LogP contribution < -0.4 is 0 Å². The van der Waals surface area contributed by atoms with Crippen molar-refractivity contribution in [3.63, 3.8) is 0 Å². The van der Waals surface area contributed by atoms with Gasteiger partial charge >= 0.3 is 0 Å². The average molecular weight is 299 g/mol. The summed E-state index contributed by atoms with van der Waals surface area (Å²) in [5.41, 5.74) is -0.0272. The maximum absolute atomic E-state index is 6.85. The minimum atomic E-state index is -0.0136. The molecule has 1 nitrogen and oxygen atoms in total. The van der Waals surface area contributed by atoms with E-state index >= 15 is 0 Å². The zero-order valence-electron chi connectivity index (χ0n) is 16.5. The third kappa shape index (κ3) is 7.17. The first-order chi connectivity index (χ1) is 9.43. The molecule has 128 valence electrons. The molecule has 2 unspecified atom stereocenters. The summed E-state index contributed by atoms with van der Waals surface area (Å²) in [4.78, 5) is 0. The van der Waals surface area contributed by atoms with Gasteiger partial charge in [-0.05, 0) is 63.2 Å². The highest BCUT2D eigenvalue weighted by molar-refractivity contribution is 4.88. The smallest absolute Gasteiger partial charge is 0.0684 e. The van der Waals surface area contributed by atoms with Crippen LogP contribution in [-0.2, 0) is 4.74 Å². The van der Waals surface area contributed by atoms with Crippen molar-refractivity contribution in [3.05, 3.63) is 0 Å². The molecule has 0 fully saturated rings. The van der Waals surface area contributed by atoms with Crippen molar-refractivity contribution in [3.8, 4) is 0 Å². The summed E-state index contributed by atoms with van der Waals surface area (Å²) in [6.45, 7) is 23.1. The van der Waals surface area contributed by atoms with Crippen LogP contribution in [0.2, 0.25) is 0 Å². The predicted octanol–water partition coefficient (Wildman–Crippen LogP) is 6.70. The van der Waals surface area contributed by atoms with Crippen molar-refractivity contribution >= 4 is 0 Å². The van der Waals surface area contributed by atoms with E-state index < -0.39 is 0 Å². The molecule has 0 spiro atoms. The van der Waals surface area contributed by atoms with Crippen molar-refractivity contribution in [1.29, 1.82) is 0 Å².